The lowest BCUT2D eigenvalue weighted by atomic mass is 9.78. The third-order valence-corrected chi connectivity index (χ3v) is 5.17. The monoisotopic (exact) mass is 330 g/mol. The first-order chi connectivity index (χ1) is 11.6. The van der Waals surface area contributed by atoms with Crippen LogP contribution in [0.1, 0.15) is 43.0 Å². The molecule has 0 aliphatic carbocycles. The van der Waals surface area contributed by atoms with Crippen molar-refractivity contribution in [2.24, 2.45) is 5.41 Å². The molecule has 3 rings (SSSR count). The second-order valence-electron chi connectivity index (χ2n) is 6.93. The maximum absolute atomic E-state index is 13.0. The van der Waals surface area contributed by atoms with Crippen molar-refractivity contribution in [2.45, 2.75) is 32.6 Å². The molecule has 2 saturated heterocycles. The largest absolute Gasteiger partial charge is 0.493 e. The first kappa shape index (κ1) is 16.8. The van der Waals surface area contributed by atoms with Gasteiger partial charge in [0.25, 0.3) is 5.91 Å². The van der Waals surface area contributed by atoms with Crippen molar-refractivity contribution in [1.29, 1.82) is 0 Å². The molecule has 2 aliphatic rings. The molecule has 0 N–H and O–H groups in total. The van der Waals surface area contributed by atoms with Crippen LogP contribution in [0, 0.1) is 5.41 Å². The van der Waals surface area contributed by atoms with Crippen LogP contribution in [0.15, 0.2) is 24.3 Å². The first-order valence-corrected chi connectivity index (χ1v) is 8.84. The Morgan fingerprint density at radius 3 is 2.83 bits per heavy atom. The average Bonchev–Trinajstić information content (AvgIpc) is 3.02. The van der Waals surface area contributed by atoms with Crippen LogP contribution >= 0.6 is 0 Å². The van der Waals surface area contributed by atoms with Crippen molar-refractivity contribution >= 4 is 11.8 Å². The van der Waals surface area contributed by atoms with Crippen LogP contribution in [0.5, 0.6) is 5.75 Å². The molecule has 0 unspecified atom stereocenters. The van der Waals surface area contributed by atoms with Gasteiger partial charge < -0.3 is 14.5 Å². The van der Waals surface area contributed by atoms with Crippen molar-refractivity contribution in [3.05, 3.63) is 29.8 Å². The maximum Gasteiger partial charge on any atom is 0.257 e. The number of nitrogens with zero attached hydrogens (tertiary/aromatic N) is 2. The van der Waals surface area contributed by atoms with Crippen LogP contribution in [0.2, 0.25) is 0 Å². The Bertz CT molecular complexity index is 631. The SMILES string of the molecule is CCCOc1ccccc1C(=O)N1CC[C@]2(CCCN(C)C2=O)C1. The molecule has 5 nitrogen and oxygen atoms in total. The number of carbonyl (C=O) groups excluding carboxylic acids is 2. The predicted octanol–water partition coefficient (Wildman–Crippen LogP) is 2.56. The van der Waals surface area contributed by atoms with E-state index >= 15 is 0 Å². The van der Waals surface area contributed by atoms with Gasteiger partial charge in [0.05, 0.1) is 17.6 Å². The molecule has 1 atom stereocenters. The Morgan fingerprint density at radius 2 is 2.04 bits per heavy atom. The fraction of sp³-hybridized carbons (Fsp3) is 0.579. The molecule has 0 radical (unpaired) electrons. The Labute approximate surface area is 143 Å². The van der Waals surface area contributed by atoms with Crippen molar-refractivity contribution in [3.8, 4) is 5.75 Å². The summed E-state index contributed by atoms with van der Waals surface area (Å²) >= 11 is 0. The molecule has 130 valence electrons. The van der Waals surface area contributed by atoms with Crippen LogP contribution in [0.3, 0.4) is 0 Å². The second kappa shape index (κ2) is 6.83. The number of para-hydroxylation sites is 1. The number of likely N-dealkylation sites (tertiary alicyclic amines) is 2. The zero-order chi connectivity index (χ0) is 17.2. The molecule has 2 amide bonds. The quantitative estimate of drug-likeness (QED) is 0.852. The summed E-state index contributed by atoms with van der Waals surface area (Å²) in [7, 11) is 1.86. The number of ether oxygens (including phenoxy) is 1. The molecule has 0 aromatic heterocycles. The Kier molecular flexibility index (Phi) is 4.78. The van der Waals surface area contributed by atoms with E-state index in [0.717, 1.165) is 32.2 Å². The summed E-state index contributed by atoms with van der Waals surface area (Å²) in [6, 6.07) is 7.39. The number of hydrogen-bond donors (Lipinski definition) is 0. The fourth-order valence-corrected chi connectivity index (χ4v) is 3.84. The smallest absolute Gasteiger partial charge is 0.257 e. The standard InChI is InChI=1S/C19H26N2O3/c1-3-13-24-16-8-5-4-7-15(16)17(22)21-12-10-19(14-21)9-6-11-20(2)18(19)23/h4-5,7-8H,3,6,9-14H2,1-2H3/t19-/m1/s1. The predicted molar refractivity (Wildman–Crippen MR) is 92.1 cm³/mol. The van der Waals surface area contributed by atoms with E-state index < -0.39 is 0 Å². The maximum atomic E-state index is 13.0. The third-order valence-electron chi connectivity index (χ3n) is 5.17. The van der Waals surface area contributed by atoms with Gasteiger partial charge in [-0.25, -0.2) is 0 Å². The summed E-state index contributed by atoms with van der Waals surface area (Å²) in [5.41, 5.74) is 0.224. The summed E-state index contributed by atoms with van der Waals surface area (Å²) in [4.78, 5) is 29.2. The number of hydrogen-bond acceptors (Lipinski definition) is 3. The molecule has 2 heterocycles. The van der Waals surface area contributed by atoms with E-state index in [0.29, 0.717) is 31.0 Å². The van der Waals surface area contributed by atoms with Crippen LogP contribution in [0.4, 0.5) is 0 Å². The minimum absolute atomic E-state index is 0.0281. The molecule has 2 fully saturated rings. The number of piperidine rings is 1. The Morgan fingerprint density at radius 1 is 1.25 bits per heavy atom. The summed E-state index contributed by atoms with van der Waals surface area (Å²) in [5, 5.41) is 0. The molecular formula is C19H26N2O3. The minimum Gasteiger partial charge on any atom is -0.493 e. The molecule has 2 aliphatic heterocycles. The highest BCUT2D eigenvalue weighted by Crippen LogP contribution is 2.40. The highest BCUT2D eigenvalue weighted by molar-refractivity contribution is 5.98. The zero-order valence-corrected chi connectivity index (χ0v) is 14.6. The lowest BCUT2D eigenvalue weighted by molar-refractivity contribution is -0.143. The van der Waals surface area contributed by atoms with E-state index in [1.54, 1.807) is 0 Å². The Hall–Kier alpha value is -2.04. The van der Waals surface area contributed by atoms with Crippen molar-refractivity contribution in [2.75, 3.05) is 33.3 Å². The van der Waals surface area contributed by atoms with E-state index in [1.165, 1.54) is 0 Å². The van der Waals surface area contributed by atoms with Gasteiger partial charge in [0.2, 0.25) is 5.91 Å². The van der Waals surface area contributed by atoms with Gasteiger partial charge in [-0.05, 0) is 37.8 Å². The van der Waals surface area contributed by atoms with Gasteiger partial charge in [0.15, 0.2) is 0 Å². The number of benzene rings is 1. The molecule has 0 bridgehead atoms. The highest BCUT2D eigenvalue weighted by Gasteiger charge is 2.48. The van der Waals surface area contributed by atoms with Crippen LogP contribution in [-0.4, -0.2) is 54.9 Å². The lowest BCUT2D eigenvalue weighted by Crippen LogP contribution is -2.48. The van der Waals surface area contributed by atoms with Crippen LogP contribution in [-0.2, 0) is 4.79 Å². The van der Waals surface area contributed by atoms with Gasteiger partial charge in [-0.1, -0.05) is 19.1 Å². The van der Waals surface area contributed by atoms with Gasteiger partial charge in [0, 0.05) is 26.7 Å². The lowest BCUT2D eigenvalue weighted by Gasteiger charge is -2.37. The zero-order valence-electron chi connectivity index (χ0n) is 14.6. The number of amides is 2. The molecular weight excluding hydrogens is 304 g/mol. The summed E-state index contributed by atoms with van der Waals surface area (Å²) in [6.45, 7) is 4.62. The van der Waals surface area contributed by atoms with Gasteiger partial charge in [-0.2, -0.15) is 0 Å². The fourth-order valence-electron chi connectivity index (χ4n) is 3.84. The van der Waals surface area contributed by atoms with E-state index in [4.69, 9.17) is 4.74 Å². The first-order valence-electron chi connectivity index (χ1n) is 8.84. The second-order valence-corrected chi connectivity index (χ2v) is 6.93. The average molecular weight is 330 g/mol. The van der Waals surface area contributed by atoms with E-state index in [9.17, 15) is 9.59 Å². The van der Waals surface area contributed by atoms with E-state index in [1.807, 2.05) is 48.0 Å². The van der Waals surface area contributed by atoms with Gasteiger partial charge >= 0.3 is 0 Å². The topological polar surface area (TPSA) is 49.9 Å². The van der Waals surface area contributed by atoms with Crippen LogP contribution in [0.25, 0.3) is 0 Å². The summed E-state index contributed by atoms with van der Waals surface area (Å²) in [6.07, 6.45) is 3.56. The van der Waals surface area contributed by atoms with Gasteiger partial charge in [-0.3, -0.25) is 9.59 Å². The molecule has 24 heavy (non-hydrogen) atoms. The van der Waals surface area contributed by atoms with Crippen LogP contribution < -0.4 is 4.74 Å². The molecule has 1 aromatic rings. The Balaban J connectivity index is 1.77. The molecule has 0 saturated carbocycles. The van der Waals surface area contributed by atoms with Crippen molar-refractivity contribution in [1.82, 2.24) is 9.80 Å². The van der Waals surface area contributed by atoms with Crippen molar-refractivity contribution in [3.63, 3.8) is 0 Å². The van der Waals surface area contributed by atoms with Gasteiger partial charge in [-0.15, -0.1) is 0 Å². The molecule has 1 aromatic carbocycles. The summed E-state index contributed by atoms with van der Waals surface area (Å²) < 4.78 is 5.72. The minimum atomic E-state index is -0.373. The normalized spacial score (nSPS) is 23.8. The van der Waals surface area contributed by atoms with Crippen molar-refractivity contribution < 1.29 is 14.3 Å². The van der Waals surface area contributed by atoms with Gasteiger partial charge in [0.1, 0.15) is 5.75 Å². The third kappa shape index (κ3) is 2.99. The number of carbonyl (C=O) groups is 2. The molecule has 5 heteroatoms. The highest BCUT2D eigenvalue weighted by atomic mass is 16.5. The van der Waals surface area contributed by atoms with E-state index in [-0.39, 0.29) is 17.2 Å². The summed E-state index contributed by atoms with van der Waals surface area (Å²) in [5.74, 6) is 0.802. The molecule has 1 spiro atoms. The van der Waals surface area contributed by atoms with E-state index in [2.05, 4.69) is 0 Å². The number of rotatable bonds is 4.